The van der Waals surface area contributed by atoms with E-state index in [2.05, 4.69) is 4.90 Å². The molecule has 0 amide bonds. The number of ketones is 1. The van der Waals surface area contributed by atoms with Crippen molar-refractivity contribution >= 4 is 5.78 Å². The number of carbonyl (C=O) groups is 1. The summed E-state index contributed by atoms with van der Waals surface area (Å²) >= 11 is 0. The fraction of sp³-hybridized carbons (Fsp3) is 0.611. The number of benzene rings is 1. The molecule has 0 saturated heterocycles. The first-order chi connectivity index (χ1) is 10.3. The molecule has 0 radical (unpaired) electrons. The molecule has 0 aromatic heterocycles. The highest BCUT2D eigenvalue weighted by molar-refractivity contribution is 6.00. The summed E-state index contributed by atoms with van der Waals surface area (Å²) in [7, 11) is 0. The van der Waals surface area contributed by atoms with Crippen LogP contribution in [0.15, 0.2) is 24.3 Å². The van der Waals surface area contributed by atoms with E-state index in [9.17, 15) is 4.79 Å². The lowest BCUT2D eigenvalue weighted by Crippen LogP contribution is -2.33. The lowest BCUT2D eigenvalue weighted by molar-refractivity contribution is 0.0920. The Morgan fingerprint density at radius 3 is 2.33 bits per heavy atom. The van der Waals surface area contributed by atoms with E-state index < -0.39 is 0 Å². The standard InChI is InChI=1S/C18H25NO2/c1-2-21-18-6-4-3-5-16(18)17(20)13-19(11-14-7-8-14)12-15-9-10-15/h3-6,14-15H,2,7-13H2,1H3. The van der Waals surface area contributed by atoms with E-state index in [4.69, 9.17) is 4.74 Å². The van der Waals surface area contributed by atoms with Crippen LogP contribution in [0.2, 0.25) is 0 Å². The molecule has 21 heavy (non-hydrogen) atoms. The van der Waals surface area contributed by atoms with Crippen LogP contribution in [-0.2, 0) is 0 Å². The Labute approximate surface area is 127 Å². The summed E-state index contributed by atoms with van der Waals surface area (Å²) in [5, 5.41) is 0. The molecule has 3 rings (SSSR count). The molecule has 2 fully saturated rings. The van der Waals surface area contributed by atoms with Crippen LogP contribution in [-0.4, -0.2) is 36.9 Å². The first-order valence-corrected chi connectivity index (χ1v) is 8.23. The third-order valence-corrected chi connectivity index (χ3v) is 4.28. The number of hydrogen-bond donors (Lipinski definition) is 0. The van der Waals surface area contributed by atoms with Gasteiger partial charge in [-0.1, -0.05) is 12.1 Å². The molecule has 2 saturated carbocycles. The van der Waals surface area contributed by atoms with Gasteiger partial charge in [0.15, 0.2) is 5.78 Å². The molecule has 1 aromatic carbocycles. The predicted molar refractivity (Wildman–Crippen MR) is 83.8 cm³/mol. The van der Waals surface area contributed by atoms with Crippen molar-refractivity contribution in [1.82, 2.24) is 4.90 Å². The van der Waals surface area contributed by atoms with Crippen molar-refractivity contribution in [1.29, 1.82) is 0 Å². The van der Waals surface area contributed by atoms with Crippen molar-refractivity contribution in [3.8, 4) is 5.75 Å². The van der Waals surface area contributed by atoms with Gasteiger partial charge in [0.05, 0.1) is 18.7 Å². The number of para-hydroxylation sites is 1. The van der Waals surface area contributed by atoms with Crippen LogP contribution in [0.4, 0.5) is 0 Å². The fourth-order valence-electron chi connectivity index (χ4n) is 2.80. The molecule has 0 N–H and O–H groups in total. The fourth-order valence-corrected chi connectivity index (χ4v) is 2.80. The Balaban J connectivity index is 1.64. The zero-order chi connectivity index (χ0) is 14.7. The van der Waals surface area contributed by atoms with Crippen LogP contribution < -0.4 is 4.74 Å². The number of rotatable bonds is 9. The van der Waals surface area contributed by atoms with Gasteiger partial charge in [0, 0.05) is 13.1 Å². The summed E-state index contributed by atoms with van der Waals surface area (Å²) in [6.45, 7) is 5.28. The van der Waals surface area contributed by atoms with Crippen molar-refractivity contribution in [2.45, 2.75) is 32.6 Å². The van der Waals surface area contributed by atoms with Crippen LogP contribution in [0.3, 0.4) is 0 Å². The van der Waals surface area contributed by atoms with E-state index in [0.29, 0.717) is 13.2 Å². The van der Waals surface area contributed by atoms with Crippen LogP contribution in [0.5, 0.6) is 5.75 Å². The van der Waals surface area contributed by atoms with Gasteiger partial charge >= 0.3 is 0 Å². The minimum atomic E-state index is 0.195. The average molecular weight is 287 g/mol. The quantitative estimate of drug-likeness (QED) is 0.652. The van der Waals surface area contributed by atoms with Gasteiger partial charge in [0.1, 0.15) is 5.75 Å². The third kappa shape index (κ3) is 4.31. The molecule has 2 aliphatic carbocycles. The van der Waals surface area contributed by atoms with Crippen LogP contribution >= 0.6 is 0 Å². The monoisotopic (exact) mass is 287 g/mol. The maximum absolute atomic E-state index is 12.6. The van der Waals surface area contributed by atoms with Crippen LogP contribution in [0.25, 0.3) is 0 Å². The number of carbonyl (C=O) groups excluding carboxylic acids is 1. The first kappa shape index (κ1) is 14.6. The van der Waals surface area contributed by atoms with E-state index in [1.807, 2.05) is 31.2 Å². The van der Waals surface area contributed by atoms with Crippen LogP contribution in [0, 0.1) is 11.8 Å². The number of nitrogens with zero attached hydrogens (tertiary/aromatic N) is 1. The van der Waals surface area contributed by atoms with Crippen LogP contribution in [0.1, 0.15) is 43.0 Å². The highest BCUT2D eigenvalue weighted by atomic mass is 16.5. The summed E-state index contributed by atoms with van der Waals surface area (Å²) in [6.07, 6.45) is 5.35. The second-order valence-corrected chi connectivity index (χ2v) is 6.43. The summed E-state index contributed by atoms with van der Waals surface area (Å²) in [5.41, 5.74) is 0.732. The largest absolute Gasteiger partial charge is 0.493 e. The van der Waals surface area contributed by atoms with Gasteiger partial charge in [0.25, 0.3) is 0 Å². The zero-order valence-corrected chi connectivity index (χ0v) is 12.9. The van der Waals surface area contributed by atoms with E-state index in [-0.39, 0.29) is 5.78 Å². The lowest BCUT2D eigenvalue weighted by Gasteiger charge is -2.21. The Kier molecular flexibility index (Phi) is 4.59. The van der Waals surface area contributed by atoms with Crippen molar-refractivity contribution in [3.63, 3.8) is 0 Å². The van der Waals surface area contributed by atoms with Gasteiger partial charge in [-0.15, -0.1) is 0 Å². The summed E-state index contributed by atoms with van der Waals surface area (Å²) in [6, 6.07) is 7.62. The average Bonchev–Trinajstić information content (AvgIpc) is 3.36. The summed E-state index contributed by atoms with van der Waals surface area (Å²) in [5.74, 6) is 2.58. The minimum Gasteiger partial charge on any atom is -0.493 e. The molecule has 0 bridgehead atoms. The minimum absolute atomic E-state index is 0.195. The molecule has 0 spiro atoms. The molecule has 0 atom stereocenters. The predicted octanol–water partition coefficient (Wildman–Crippen LogP) is 3.39. The van der Waals surface area contributed by atoms with Crippen molar-refractivity contribution in [2.24, 2.45) is 11.8 Å². The maximum Gasteiger partial charge on any atom is 0.180 e. The molecule has 2 aliphatic rings. The third-order valence-electron chi connectivity index (χ3n) is 4.28. The van der Waals surface area contributed by atoms with Gasteiger partial charge in [-0.2, -0.15) is 0 Å². The smallest absolute Gasteiger partial charge is 0.180 e. The SMILES string of the molecule is CCOc1ccccc1C(=O)CN(CC1CC1)CC1CC1. The highest BCUT2D eigenvalue weighted by Crippen LogP contribution is 2.34. The number of Topliss-reactive ketones (excluding diaryl/α,β-unsaturated/α-hetero) is 1. The van der Waals surface area contributed by atoms with Gasteiger partial charge in [-0.05, 0) is 56.6 Å². The Morgan fingerprint density at radius 2 is 1.76 bits per heavy atom. The topological polar surface area (TPSA) is 29.5 Å². The van der Waals surface area contributed by atoms with E-state index in [1.165, 1.54) is 25.7 Å². The maximum atomic E-state index is 12.6. The summed E-state index contributed by atoms with van der Waals surface area (Å²) in [4.78, 5) is 15.0. The molecule has 0 heterocycles. The molecular formula is C18H25NO2. The first-order valence-electron chi connectivity index (χ1n) is 8.23. The van der Waals surface area contributed by atoms with Crippen molar-refractivity contribution < 1.29 is 9.53 Å². The van der Waals surface area contributed by atoms with Crippen molar-refractivity contribution in [2.75, 3.05) is 26.2 Å². The lowest BCUT2D eigenvalue weighted by atomic mass is 10.1. The van der Waals surface area contributed by atoms with Gasteiger partial charge in [0.2, 0.25) is 0 Å². The highest BCUT2D eigenvalue weighted by Gasteiger charge is 2.30. The number of ether oxygens (including phenoxy) is 1. The molecule has 0 aliphatic heterocycles. The Bertz CT molecular complexity index is 478. The zero-order valence-electron chi connectivity index (χ0n) is 12.9. The van der Waals surface area contributed by atoms with E-state index >= 15 is 0 Å². The Hall–Kier alpha value is -1.35. The molecule has 3 nitrogen and oxygen atoms in total. The Morgan fingerprint density at radius 1 is 1.14 bits per heavy atom. The molecular weight excluding hydrogens is 262 g/mol. The van der Waals surface area contributed by atoms with E-state index in [0.717, 1.165) is 36.2 Å². The van der Waals surface area contributed by atoms with Gasteiger partial charge in [-0.25, -0.2) is 0 Å². The van der Waals surface area contributed by atoms with E-state index in [1.54, 1.807) is 0 Å². The normalized spacial score (nSPS) is 18.0. The summed E-state index contributed by atoms with van der Waals surface area (Å²) < 4.78 is 5.59. The van der Waals surface area contributed by atoms with Crippen molar-refractivity contribution in [3.05, 3.63) is 29.8 Å². The molecule has 3 heteroatoms. The second kappa shape index (κ2) is 6.61. The molecule has 0 unspecified atom stereocenters. The molecule has 114 valence electrons. The van der Waals surface area contributed by atoms with Gasteiger partial charge in [-0.3, -0.25) is 9.69 Å². The van der Waals surface area contributed by atoms with Gasteiger partial charge < -0.3 is 4.74 Å². The molecule has 1 aromatic rings. The number of hydrogen-bond acceptors (Lipinski definition) is 3. The second-order valence-electron chi connectivity index (χ2n) is 6.43.